The molecule has 8 nitrogen and oxygen atoms in total. The second kappa shape index (κ2) is 10.7. The Morgan fingerprint density at radius 3 is 2.54 bits per heavy atom. The molecule has 1 aliphatic heterocycles. The third-order valence-corrected chi connectivity index (χ3v) is 6.24. The summed E-state index contributed by atoms with van der Waals surface area (Å²) in [6, 6.07) is 17.5. The highest BCUT2D eigenvalue weighted by Crippen LogP contribution is 2.29. The molecular formula is C28H28FN7O. The average molecular weight is 498 g/mol. The number of likely N-dealkylation sites (N-methyl/N-ethyl adjacent to an activating group) is 1. The van der Waals surface area contributed by atoms with E-state index >= 15 is 0 Å². The Hall–Kier alpha value is -4.37. The molecule has 1 saturated heterocycles. The van der Waals surface area contributed by atoms with Gasteiger partial charge in [-0.25, -0.2) is 14.4 Å². The molecule has 0 radical (unpaired) electrons. The molecule has 9 heteroatoms. The van der Waals surface area contributed by atoms with Crippen LogP contribution >= 0.6 is 0 Å². The number of rotatable bonds is 6. The van der Waals surface area contributed by atoms with Gasteiger partial charge in [0.1, 0.15) is 5.83 Å². The molecule has 0 atom stereocenters. The maximum Gasteiger partial charge on any atom is 0.250 e. The van der Waals surface area contributed by atoms with Crippen LogP contribution in [0.2, 0.25) is 0 Å². The number of hydrogen-bond donors (Lipinski definition) is 2. The summed E-state index contributed by atoms with van der Waals surface area (Å²) in [5.74, 6) is -0.630. The van der Waals surface area contributed by atoms with E-state index in [2.05, 4.69) is 49.6 Å². The number of benzene rings is 2. The van der Waals surface area contributed by atoms with Crippen molar-refractivity contribution in [3.05, 3.63) is 78.9 Å². The summed E-state index contributed by atoms with van der Waals surface area (Å²) in [6.45, 7) is 5.38. The first-order valence-electron chi connectivity index (χ1n) is 12.1. The van der Waals surface area contributed by atoms with Gasteiger partial charge < -0.3 is 20.4 Å². The molecule has 4 aromatic rings. The zero-order chi connectivity index (χ0) is 25.8. The summed E-state index contributed by atoms with van der Waals surface area (Å²) in [6.07, 6.45) is 4.27. The quantitative estimate of drug-likeness (QED) is 0.363. The van der Waals surface area contributed by atoms with E-state index in [0.29, 0.717) is 17.3 Å². The van der Waals surface area contributed by atoms with Gasteiger partial charge in [0.15, 0.2) is 0 Å². The highest BCUT2D eigenvalue weighted by molar-refractivity contribution is 6.00. The second-order valence-electron chi connectivity index (χ2n) is 9.05. The van der Waals surface area contributed by atoms with Crippen LogP contribution in [0.25, 0.3) is 22.2 Å². The minimum atomic E-state index is -0.563. The molecule has 5 rings (SSSR count). The molecule has 0 aliphatic carbocycles. The SMILES string of the molecule is C/C(F)=C/C(=O)Nc1ccnc(-c2cccc3cnc(Nc4ccc(N5CCN(C)CC5)cc4)nc23)c1. The fourth-order valence-electron chi connectivity index (χ4n) is 4.29. The lowest BCUT2D eigenvalue weighted by molar-refractivity contribution is -0.112. The molecular weight excluding hydrogens is 469 g/mol. The van der Waals surface area contributed by atoms with E-state index in [1.54, 1.807) is 24.5 Å². The van der Waals surface area contributed by atoms with Crippen molar-refractivity contribution in [2.45, 2.75) is 6.92 Å². The fraction of sp³-hybridized carbons (Fsp3) is 0.214. The van der Waals surface area contributed by atoms with Crippen LogP contribution in [0.1, 0.15) is 6.92 Å². The number of carbonyl (C=O) groups is 1. The minimum Gasteiger partial charge on any atom is -0.369 e. The van der Waals surface area contributed by atoms with Crippen LogP contribution in [0.15, 0.2) is 78.9 Å². The Labute approximate surface area is 214 Å². The molecule has 1 aliphatic rings. The maximum absolute atomic E-state index is 13.0. The molecule has 0 unspecified atom stereocenters. The van der Waals surface area contributed by atoms with E-state index in [0.717, 1.165) is 54.4 Å². The lowest BCUT2D eigenvalue weighted by Gasteiger charge is -2.34. The smallest absolute Gasteiger partial charge is 0.250 e. The van der Waals surface area contributed by atoms with E-state index in [1.807, 2.05) is 30.3 Å². The second-order valence-corrected chi connectivity index (χ2v) is 9.05. The zero-order valence-electron chi connectivity index (χ0n) is 20.8. The molecule has 2 aromatic heterocycles. The van der Waals surface area contributed by atoms with Gasteiger partial charge in [0.2, 0.25) is 5.95 Å². The average Bonchev–Trinajstić information content (AvgIpc) is 2.89. The number of aromatic nitrogens is 3. The van der Waals surface area contributed by atoms with Crippen LogP contribution in [-0.4, -0.2) is 59.0 Å². The standard InChI is InChI=1S/C28H28FN7O/c1-19(29)16-26(37)32-22-10-11-30-25(17-22)24-5-3-4-20-18-31-28(34-27(20)24)33-21-6-8-23(9-7-21)36-14-12-35(2)13-15-36/h3-11,16-18H,12-15H2,1-2H3,(H,30,32,37)(H,31,33,34)/b19-16-. The van der Waals surface area contributed by atoms with Crippen LogP contribution in [0.5, 0.6) is 0 Å². The number of nitrogens with one attached hydrogen (secondary N) is 2. The van der Waals surface area contributed by atoms with Crippen molar-refractivity contribution >= 4 is 39.8 Å². The molecule has 188 valence electrons. The lowest BCUT2D eigenvalue weighted by Crippen LogP contribution is -2.44. The number of halogens is 1. The molecule has 2 N–H and O–H groups in total. The third-order valence-electron chi connectivity index (χ3n) is 6.24. The number of nitrogens with zero attached hydrogens (tertiary/aromatic N) is 5. The van der Waals surface area contributed by atoms with Gasteiger partial charge in [-0.2, -0.15) is 0 Å². The lowest BCUT2D eigenvalue weighted by atomic mass is 10.1. The van der Waals surface area contributed by atoms with Gasteiger partial charge in [-0.15, -0.1) is 0 Å². The van der Waals surface area contributed by atoms with Crippen LogP contribution in [0, 0.1) is 0 Å². The molecule has 0 saturated carbocycles. The van der Waals surface area contributed by atoms with E-state index in [9.17, 15) is 9.18 Å². The minimum absolute atomic E-state index is 0.473. The highest BCUT2D eigenvalue weighted by atomic mass is 19.1. The van der Waals surface area contributed by atoms with Crippen molar-refractivity contribution in [1.29, 1.82) is 0 Å². The Morgan fingerprint density at radius 2 is 1.78 bits per heavy atom. The fourth-order valence-corrected chi connectivity index (χ4v) is 4.29. The van der Waals surface area contributed by atoms with Gasteiger partial charge in [0.05, 0.1) is 11.2 Å². The van der Waals surface area contributed by atoms with E-state index < -0.39 is 11.7 Å². The molecule has 1 amide bonds. The summed E-state index contributed by atoms with van der Waals surface area (Å²) in [5, 5.41) is 6.82. The number of anilines is 4. The van der Waals surface area contributed by atoms with Crippen molar-refractivity contribution in [1.82, 2.24) is 19.9 Å². The molecule has 1 fully saturated rings. The van der Waals surface area contributed by atoms with E-state index in [-0.39, 0.29) is 0 Å². The number of allylic oxidation sites excluding steroid dienone is 1. The van der Waals surface area contributed by atoms with Gasteiger partial charge in [-0.05, 0) is 50.4 Å². The number of amides is 1. The predicted molar refractivity (Wildman–Crippen MR) is 146 cm³/mol. The van der Waals surface area contributed by atoms with Crippen molar-refractivity contribution < 1.29 is 9.18 Å². The normalized spacial score (nSPS) is 14.6. The van der Waals surface area contributed by atoms with Crippen LogP contribution in [0.4, 0.5) is 27.4 Å². The number of pyridine rings is 1. The van der Waals surface area contributed by atoms with Crippen molar-refractivity contribution in [3.8, 4) is 11.3 Å². The highest BCUT2D eigenvalue weighted by Gasteiger charge is 2.14. The molecule has 0 spiro atoms. The third kappa shape index (κ3) is 5.90. The Balaban J connectivity index is 1.38. The van der Waals surface area contributed by atoms with Gasteiger partial charge in [-0.3, -0.25) is 9.78 Å². The topological polar surface area (TPSA) is 86.3 Å². The summed E-state index contributed by atoms with van der Waals surface area (Å²) in [5.41, 5.74) is 4.76. The first kappa shape index (κ1) is 24.3. The first-order valence-corrected chi connectivity index (χ1v) is 12.1. The Bertz CT molecular complexity index is 1440. The number of fused-ring (bicyclic) bond motifs is 1. The van der Waals surface area contributed by atoms with Crippen molar-refractivity contribution in [3.63, 3.8) is 0 Å². The molecule has 3 heterocycles. The maximum atomic E-state index is 13.0. The molecule has 2 aromatic carbocycles. The summed E-state index contributed by atoms with van der Waals surface area (Å²) >= 11 is 0. The van der Waals surface area contributed by atoms with E-state index in [4.69, 9.17) is 4.98 Å². The van der Waals surface area contributed by atoms with Crippen molar-refractivity contribution in [2.75, 3.05) is 48.8 Å². The Kier molecular flexibility index (Phi) is 7.04. The largest absolute Gasteiger partial charge is 0.369 e. The van der Waals surface area contributed by atoms with Crippen LogP contribution < -0.4 is 15.5 Å². The number of para-hydroxylation sites is 1. The van der Waals surface area contributed by atoms with E-state index in [1.165, 1.54) is 12.6 Å². The predicted octanol–water partition coefficient (Wildman–Crippen LogP) is 5.00. The van der Waals surface area contributed by atoms with Crippen LogP contribution in [0.3, 0.4) is 0 Å². The van der Waals surface area contributed by atoms with Gasteiger partial charge in [0, 0.05) is 72.7 Å². The summed E-state index contributed by atoms with van der Waals surface area (Å²) < 4.78 is 13.0. The summed E-state index contributed by atoms with van der Waals surface area (Å²) in [4.78, 5) is 30.4. The number of hydrogen-bond acceptors (Lipinski definition) is 7. The summed E-state index contributed by atoms with van der Waals surface area (Å²) in [7, 11) is 2.15. The monoisotopic (exact) mass is 497 g/mol. The van der Waals surface area contributed by atoms with Gasteiger partial charge in [0.25, 0.3) is 5.91 Å². The van der Waals surface area contributed by atoms with Gasteiger partial charge in [-0.1, -0.05) is 18.2 Å². The molecule has 0 bridgehead atoms. The van der Waals surface area contributed by atoms with Gasteiger partial charge >= 0.3 is 0 Å². The Morgan fingerprint density at radius 1 is 1.00 bits per heavy atom. The number of carbonyl (C=O) groups excluding carboxylic acids is 1. The number of piperazine rings is 1. The first-order chi connectivity index (χ1) is 17.9. The zero-order valence-corrected chi connectivity index (χ0v) is 20.8. The van der Waals surface area contributed by atoms with Crippen LogP contribution in [-0.2, 0) is 4.79 Å². The molecule has 37 heavy (non-hydrogen) atoms. The van der Waals surface area contributed by atoms with Crippen molar-refractivity contribution in [2.24, 2.45) is 0 Å².